The summed E-state index contributed by atoms with van der Waals surface area (Å²) in [6, 6.07) is 8.97. The van der Waals surface area contributed by atoms with Crippen molar-refractivity contribution in [3.05, 3.63) is 30.3 Å². The second-order valence-corrected chi connectivity index (χ2v) is 6.52. The van der Waals surface area contributed by atoms with Gasteiger partial charge in [-0.15, -0.1) is 5.10 Å². The molecule has 0 saturated carbocycles. The molecule has 2 aromatic rings. The number of aromatic amines is 1. The first-order valence-corrected chi connectivity index (χ1v) is 9.01. The number of thioether (sulfide) groups is 1. The lowest BCUT2D eigenvalue weighted by Gasteiger charge is -2.21. The number of methoxy groups -OCH3 is 1. The van der Waals surface area contributed by atoms with E-state index in [4.69, 9.17) is 4.74 Å². The summed E-state index contributed by atoms with van der Waals surface area (Å²) in [6.45, 7) is 3.86. The van der Waals surface area contributed by atoms with Gasteiger partial charge in [0.05, 0.1) is 12.9 Å². The maximum atomic E-state index is 12.1. The van der Waals surface area contributed by atoms with E-state index in [9.17, 15) is 9.59 Å². The van der Waals surface area contributed by atoms with Gasteiger partial charge >= 0.3 is 5.97 Å². The van der Waals surface area contributed by atoms with Crippen LogP contribution in [0.15, 0.2) is 35.5 Å². The van der Waals surface area contributed by atoms with Crippen LogP contribution >= 0.6 is 11.8 Å². The third-order valence-corrected chi connectivity index (χ3v) is 4.68. The molecule has 0 aliphatic carbocycles. The second-order valence-electron chi connectivity index (χ2n) is 5.58. The lowest BCUT2D eigenvalue weighted by molar-refractivity contribution is -0.146. The standard InChI is InChI=1S/C17H22N4O3S/c1-4-11(2)14(16(23)24-3)18-13(22)10-25-17-19-15(20-21-17)12-8-6-5-7-9-12/h5-9,11,14H,4,10H2,1-3H3,(H,18,22)(H,19,20,21)/t11-,14-/m1/s1. The number of rotatable bonds is 8. The third-order valence-electron chi connectivity index (χ3n) is 3.83. The molecule has 25 heavy (non-hydrogen) atoms. The smallest absolute Gasteiger partial charge is 0.328 e. The first kappa shape index (κ1) is 19.0. The Morgan fingerprint density at radius 1 is 1.32 bits per heavy atom. The minimum Gasteiger partial charge on any atom is -0.467 e. The van der Waals surface area contributed by atoms with Crippen LogP contribution in [0.5, 0.6) is 0 Å². The fourth-order valence-corrected chi connectivity index (χ4v) is 2.79. The topological polar surface area (TPSA) is 97.0 Å². The molecule has 8 heteroatoms. The van der Waals surface area contributed by atoms with Gasteiger partial charge in [0.25, 0.3) is 0 Å². The fraction of sp³-hybridized carbons (Fsp3) is 0.412. The van der Waals surface area contributed by atoms with E-state index in [1.165, 1.54) is 18.9 Å². The highest BCUT2D eigenvalue weighted by Crippen LogP contribution is 2.19. The maximum Gasteiger partial charge on any atom is 0.328 e. The number of carbonyl (C=O) groups is 2. The van der Waals surface area contributed by atoms with E-state index in [2.05, 4.69) is 20.5 Å². The average Bonchev–Trinajstić information content (AvgIpc) is 3.13. The van der Waals surface area contributed by atoms with Gasteiger partial charge in [0.1, 0.15) is 6.04 Å². The van der Waals surface area contributed by atoms with E-state index in [1.807, 2.05) is 44.2 Å². The van der Waals surface area contributed by atoms with Gasteiger partial charge in [0.15, 0.2) is 5.82 Å². The van der Waals surface area contributed by atoms with Crippen molar-refractivity contribution in [1.82, 2.24) is 20.5 Å². The molecule has 1 aromatic carbocycles. The summed E-state index contributed by atoms with van der Waals surface area (Å²) in [5.74, 6) is 0.0737. The molecule has 0 aliphatic heterocycles. The number of amides is 1. The first-order valence-electron chi connectivity index (χ1n) is 8.03. The molecular weight excluding hydrogens is 340 g/mol. The van der Waals surface area contributed by atoms with Gasteiger partial charge < -0.3 is 10.1 Å². The Bertz CT molecular complexity index is 705. The zero-order chi connectivity index (χ0) is 18.2. The van der Waals surface area contributed by atoms with Gasteiger partial charge in [0, 0.05) is 5.56 Å². The number of ether oxygens (including phenoxy) is 1. The summed E-state index contributed by atoms with van der Waals surface area (Å²) in [5.41, 5.74) is 0.925. The predicted octanol–water partition coefficient (Wildman–Crippen LogP) is 2.27. The average molecular weight is 362 g/mol. The Kier molecular flexibility index (Phi) is 7.00. The van der Waals surface area contributed by atoms with Crippen molar-refractivity contribution >= 4 is 23.6 Å². The van der Waals surface area contributed by atoms with Crippen molar-refractivity contribution in [2.24, 2.45) is 5.92 Å². The van der Waals surface area contributed by atoms with Crippen LogP contribution in [0.4, 0.5) is 0 Å². The summed E-state index contributed by atoms with van der Waals surface area (Å²) >= 11 is 1.21. The van der Waals surface area contributed by atoms with Gasteiger partial charge in [-0.05, 0) is 5.92 Å². The molecule has 0 fully saturated rings. The number of H-pyrrole nitrogens is 1. The number of nitrogens with zero attached hydrogens (tertiary/aromatic N) is 2. The third kappa shape index (κ3) is 5.32. The Morgan fingerprint density at radius 3 is 2.68 bits per heavy atom. The highest BCUT2D eigenvalue weighted by molar-refractivity contribution is 7.99. The molecule has 0 unspecified atom stereocenters. The molecule has 7 nitrogen and oxygen atoms in total. The summed E-state index contributed by atoms with van der Waals surface area (Å²) in [7, 11) is 1.32. The lowest BCUT2D eigenvalue weighted by atomic mass is 9.99. The lowest BCUT2D eigenvalue weighted by Crippen LogP contribution is -2.46. The predicted molar refractivity (Wildman–Crippen MR) is 95.9 cm³/mol. The molecule has 1 amide bonds. The normalized spacial score (nSPS) is 13.1. The fourth-order valence-electron chi connectivity index (χ4n) is 2.18. The van der Waals surface area contributed by atoms with Crippen molar-refractivity contribution in [3.63, 3.8) is 0 Å². The van der Waals surface area contributed by atoms with Gasteiger partial charge in [-0.2, -0.15) is 0 Å². The van der Waals surface area contributed by atoms with E-state index < -0.39 is 12.0 Å². The molecule has 1 aromatic heterocycles. The SMILES string of the molecule is CC[C@@H](C)[C@@H](NC(=O)CSc1n[nH]c(-c2ccccc2)n1)C(=O)OC. The van der Waals surface area contributed by atoms with Crippen LogP contribution in [0.2, 0.25) is 0 Å². The number of hydrogen-bond acceptors (Lipinski definition) is 6. The highest BCUT2D eigenvalue weighted by Gasteiger charge is 2.26. The molecule has 134 valence electrons. The molecular formula is C17H22N4O3S. The second kappa shape index (κ2) is 9.22. The summed E-state index contributed by atoms with van der Waals surface area (Å²) in [6.07, 6.45) is 0.758. The number of esters is 1. The van der Waals surface area contributed by atoms with Crippen LogP contribution in [0, 0.1) is 5.92 Å². The molecule has 0 bridgehead atoms. The van der Waals surface area contributed by atoms with E-state index in [0.29, 0.717) is 11.0 Å². The Morgan fingerprint density at radius 2 is 2.04 bits per heavy atom. The molecule has 0 aliphatic rings. The Labute approximate surface area is 150 Å². The van der Waals surface area contributed by atoms with Crippen molar-refractivity contribution in [2.75, 3.05) is 12.9 Å². The van der Waals surface area contributed by atoms with Crippen LogP contribution in [-0.4, -0.2) is 46.0 Å². The zero-order valence-electron chi connectivity index (χ0n) is 14.5. The summed E-state index contributed by atoms with van der Waals surface area (Å²) in [5, 5.41) is 10.2. The van der Waals surface area contributed by atoms with Crippen LogP contribution < -0.4 is 5.32 Å². The van der Waals surface area contributed by atoms with Crippen LogP contribution in [-0.2, 0) is 14.3 Å². The summed E-state index contributed by atoms with van der Waals surface area (Å²) < 4.78 is 4.76. The molecule has 2 rings (SSSR count). The van der Waals surface area contributed by atoms with Crippen LogP contribution in [0.1, 0.15) is 20.3 Å². The van der Waals surface area contributed by atoms with Gasteiger partial charge in [-0.3, -0.25) is 9.89 Å². The van der Waals surface area contributed by atoms with Crippen LogP contribution in [0.3, 0.4) is 0 Å². The van der Waals surface area contributed by atoms with Crippen molar-refractivity contribution < 1.29 is 14.3 Å². The Balaban J connectivity index is 1.91. The van der Waals surface area contributed by atoms with E-state index in [1.54, 1.807) is 0 Å². The Hall–Kier alpha value is -2.35. The quantitative estimate of drug-likeness (QED) is 0.552. The first-order chi connectivity index (χ1) is 12.0. The van der Waals surface area contributed by atoms with Crippen molar-refractivity contribution in [1.29, 1.82) is 0 Å². The van der Waals surface area contributed by atoms with Crippen molar-refractivity contribution in [3.8, 4) is 11.4 Å². The molecule has 2 atom stereocenters. The summed E-state index contributed by atoms with van der Waals surface area (Å²) in [4.78, 5) is 28.3. The minimum atomic E-state index is -0.643. The number of hydrogen-bond donors (Lipinski definition) is 2. The molecule has 1 heterocycles. The van der Waals surface area contributed by atoms with E-state index in [0.717, 1.165) is 12.0 Å². The maximum absolute atomic E-state index is 12.1. The number of nitrogens with one attached hydrogen (secondary N) is 2. The van der Waals surface area contributed by atoms with E-state index >= 15 is 0 Å². The molecule has 0 saturated heterocycles. The minimum absolute atomic E-state index is 0.00501. The number of aromatic nitrogens is 3. The zero-order valence-corrected chi connectivity index (χ0v) is 15.3. The number of benzene rings is 1. The molecule has 2 N–H and O–H groups in total. The molecule has 0 radical (unpaired) electrons. The van der Waals surface area contributed by atoms with Gasteiger partial charge in [-0.25, -0.2) is 9.78 Å². The van der Waals surface area contributed by atoms with Crippen molar-refractivity contribution in [2.45, 2.75) is 31.5 Å². The van der Waals surface area contributed by atoms with Crippen LogP contribution in [0.25, 0.3) is 11.4 Å². The largest absolute Gasteiger partial charge is 0.467 e. The molecule has 0 spiro atoms. The number of carbonyl (C=O) groups excluding carboxylic acids is 2. The van der Waals surface area contributed by atoms with E-state index in [-0.39, 0.29) is 17.6 Å². The highest BCUT2D eigenvalue weighted by atomic mass is 32.2. The monoisotopic (exact) mass is 362 g/mol. The van der Waals surface area contributed by atoms with Gasteiger partial charge in [0.2, 0.25) is 11.1 Å². The van der Waals surface area contributed by atoms with Gasteiger partial charge in [-0.1, -0.05) is 62.4 Å².